The number of fused-ring (bicyclic) bond motifs is 5. The average molecular weight is 838 g/mol. The third-order valence-electron chi connectivity index (χ3n) is 14.6. The second kappa shape index (κ2) is 17.0. The van der Waals surface area contributed by atoms with Gasteiger partial charge in [0.05, 0.1) is 31.0 Å². The van der Waals surface area contributed by atoms with Gasteiger partial charge in [0, 0.05) is 80.3 Å². The molecule has 0 radical (unpaired) electrons. The van der Waals surface area contributed by atoms with Gasteiger partial charge in [0.25, 0.3) is 5.91 Å². The molecular formula is C51H59N5O6. The number of nitrogens with one attached hydrogen (secondary N) is 1. The fourth-order valence-electron chi connectivity index (χ4n) is 11.4. The lowest BCUT2D eigenvalue weighted by Crippen LogP contribution is -2.58. The molecule has 2 N–H and O–H groups in total. The third-order valence-corrected chi connectivity index (χ3v) is 14.6. The topological polar surface area (TPSA) is 107 Å². The minimum atomic E-state index is -0.466. The zero-order valence-corrected chi connectivity index (χ0v) is 35.9. The van der Waals surface area contributed by atoms with Gasteiger partial charge in [0.1, 0.15) is 29.9 Å². The first-order chi connectivity index (χ1) is 30.2. The Labute approximate surface area is 365 Å². The van der Waals surface area contributed by atoms with Gasteiger partial charge in [-0.2, -0.15) is 0 Å². The maximum Gasteiger partial charge on any atom is 0.255 e. The zero-order chi connectivity index (χ0) is 42.4. The first-order valence-corrected chi connectivity index (χ1v) is 22.7. The number of amides is 2. The lowest BCUT2D eigenvalue weighted by Gasteiger charge is -2.46. The smallest absolute Gasteiger partial charge is 0.255 e. The Kier molecular flexibility index (Phi) is 11.1. The van der Waals surface area contributed by atoms with E-state index in [1.165, 1.54) is 22.4 Å². The number of aryl methyl sites for hydroxylation is 1. The number of hydrogen-bond acceptors (Lipinski definition) is 9. The van der Waals surface area contributed by atoms with Gasteiger partial charge in [-0.05, 0) is 104 Å². The normalized spacial score (nSPS) is 25.2. The molecule has 6 heterocycles. The van der Waals surface area contributed by atoms with Crippen molar-refractivity contribution in [3.63, 3.8) is 0 Å². The molecule has 62 heavy (non-hydrogen) atoms. The number of aromatic hydroxyl groups is 1. The monoisotopic (exact) mass is 837 g/mol. The Balaban J connectivity index is 0.000000706. The maximum atomic E-state index is 13.4. The number of hydrogen-bond donors (Lipinski definition) is 2. The summed E-state index contributed by atoms with van der Waals surface area (Å²) in [5.41, 5.74) is 8.36. The van der Waals surface area contributed by atoms with Gasteiger partial charge in [-0.25, -0.2) is 0 Å². The highest BCUT2D eigenvalue weighted by molar-refractivity contribution is 6.02. The number of allylic oxidation sites excluding steroid dienone is 1. The van der Waals surface area contributed by atoms with Crippen LogP contribution in [-0.4, -0.2) is 104 Å². The second-order valence-electron chi connectivity index (χ2n) is 18.4. The van der Waals surface area contributed by atoms with E-state index in [-0.39, 0.29) is 29.4 Å². The van der Waals surface area contributed by atoms with Crippen LogP contribution in [0.1, 0.15) is 83.5 Å². The summed E-state index contributed by atoms with van der Waals surface area (Å²) in [6.45, 7) is 11.6. The van der Waals surface area contributed by atoms with Crippen molar-refractivity contribution in [2.24, 2.45) is 5.92 Å². The van der Waals surface area contributed by atoms with Crippen LogP contribution in [0.15, 0.2) is 97.2 Å². The van der Waals surface area contributed by atoms with Crippen LogP contribution >= 0.6 is 0 Å². The second-order valence-corrected chi connectivity index (χ2v) is 18.4. The standard InChI is InChI=1S/C45H53N5O6.C6H6/c1-28-6-11-39(43(52)46-28)50-24-31-19-40-42(21-38(31)44(50)53)55-27-33-25-47(16-17-49(33)40)23-29-22-45(56-26-29)12-14-48(15-13-45)32-7-9-37(41(20-32)54-2)36-5-3-4-30-18-34(51)8-10-35(30)36;1-2-4-6-5-3-1/h7-10,18-21,29,33,36,39,51H,1,3-6,11-17,22-27H2,2H3,(H,46,52);1-6H/t29?,33?,36-,39+;/m1./s1. The molecule has 0 bridgehead atoms. The molecule has 11 nitrogen and oxygen atoms in total. The predicted octanol–water partition coefficient (Wildman–Crippen LogP) is 7.26. The first-order valence-electron chi connectivity index (χ1n) is 22.7. The van der Waals surface area contributed by atoms with Crippen molar-refractivity contribution in [3.05, 3.63) is 125 Å². The van der Waals surface area contributed by atoms with Crippen molar-refractivity contribution in [3.8, 4) is 17.2 Å². The highest BCUT2D eigenvalue weighted by Crippen LogP contribution is 2.45. The number of methoxy groups -OCH3 is 1. The van der Waals surface area contributed by atoms with E-state index in [4.69, 9.17) is 14.2 Å². The number of benzene rings is 4. The summed E-state index contributed by atoms with van der Waals surface area (Å²) in [6.07, 6.45) is 7.65. The van der Waals surface area contributed by atoms with E-state index in [1.54, 1.807) is 12.0 Å². The molecule has 324 valence electrons. The van der Waals surface area contributed by atoms with E-state index in [0.717, 1.165) is 113 Å². The predicted molar refractivity (Wildman–Crippen MR) is 240 cm³/mol. The van der Waals surface area contributed by atoms with Crippen LogP contribution in [0.2, 0.25) is 0 Å². The summed E-state index contributed by atoms with van der Waals surface area (Å²) in [5, 5.41) is 12.9. The highest BCUT2D eigenvalue weighted by atomic mass is 16.5. The maximum absolute atomic E-state index is 13.4. The summed E-state index contributed by atoms with van der Waals surface area (Å²) in [7, 11) is 1.78. The average Bonchev–Trinajstić information content (AvgIpc) is 3.84. The van der Waals surface area contributed by atoms with Gasteiger partial charge in [-0.1, -0.05) is 55.1 Å². The minimum Gasteiger partial charge on any atom is -0.508 e. The van der Waals surface area contributed by atoms with Gasteiger partial charge >= 0.3 is 0 Å². The molecule has 4 aromatic rings. The van der Waals surface area contributed by atoms with Crippen molar-refractivity contribution in [2.45, 2.75) is 81.5 Å². The van der Waals surface area contributed by atoms with E-state index in [1.807, 2.05) is 54.6 Å². The molecule has 0 aromatic heterocycles. The van der Waals surface area contributed by atoms with Crippen LogP contribution in [0.25, 0.3) is 0 Å². The van der Waals surface area contributed by atoms with Crippen LogP contribution in [0, 0.1) is 5.92 Å². The Morgan fingerprint density at radius 1 is 0.871 bits per heavy atom. The molecule has 2 unspecified atom stereocenters. The number of piperidine rings is 2. The zero-order valence-electron chi connectivity index (χ0n) is 35.9. The molecule has 2 amide bonds. The number of rotatable bonds is 6. The van der Waals surface area contributed by atoms with Crippen LogP contribution < -0.4 is 24.6 Å². The molecule has 4 saturated heterocycles. The van der Waals surface area contributed by atoms with Crippen LogP contribution in [0.3, 0.4) is 0 Å². The number of carbonyl (C=O) groups excluding carboxylic acids is 2. The minimum absolute atomic E-state index is 0.0464. The summed E-state index contributed by atoms with van der Waals surface area (Å²) in [5.74, 6) is 2.62. The van der Waals surface area contributed by atoms with Crippen molar-refractivity contribution in [1.82, 2.24) is 15.1 Å². The number of ether oxygens (including phenoxy) is 3. The largest absolute Gasteiger partial charge is 0.508 e. The molecular weight excluding hydrogens is 779 g/mol. The van der Waals surface area contributed by atoms with Crippen LogP contribution in [-0.2, 0) is 22.5 Å². The van der Waals surface area contributed by atoms with Gasteiger partial charge in [0.15, 0.2) is 0 Å². The van der Waals surface area contributed by atoms with E-state index >= 15 is 0 Å². The fraction of sp³-hybridized carbons (Fsp3) is 0.451. The van der Waals surface area contributed by atoms with E-state index < -0.39 is 6.04 Å². The lowest BCUT2D eigenvalue weighted by molar-refractivity contribution is -0.126. The number of anilines is 2. The van der Waals surface area contributed by atoms with Crippen molar-refractivity contribution >= 4 is 23.2 Å². The van der Waals surface area contributed by atoms with E-state index in [0.29, 0.717) is 43.2 Å². The quantitative estimate of drug-likeness (QED) is 0.208. The summed E-state index contributed by atoms with van der Waals surface area (Å²) < 4.78 is 19.0. The van der Waals surface area contributed by atoms with Gasteiger partial charge < -0.3 is 39.3 Å². The number of phenols is 1. The van der Waals surface area contributed by atoms with E-state index in [2.05, 4.69) is 56.9 Å². The van der Waals surface area contributed by atoms with Crippen molar-refractivity contribution in [1.29, 1.82) is 0 Å². The molecule has 4 atom stereocenters. The van der Waals surface area contributed by atoms with Gasteiger partial charge in [-0.3, -0.25) is 14.5 Å². The van der Waals surface area contributed by atoms with Crippen LogP contribution in [0.5, 0.6) is 17.2 Å². The summed E-state index contributed by atoms with van der Waals surface area (Å²) in [4.78, 5) is 35.5. The molecule has 0 saturated carbocycles. The molecule has 11 rings (SSSR count). The molecule has 7 aliphatic rings. The number of phenolic OH excluding ortho intramolecular Hbond substituents is 1. The molecule has 11 heteroatoms. The van der Waals surface area contributed by atoms with Gasteiger partial charge in [0.2, 0.25) is 5.91 Å². The lowest BCUT2D eigenvalue weighted by atomic mass is 9.78. The number of piperazine rings is 1. The summed E-state index contributed by atoms with van der Waals surface area (Å²) >= 11 is 0. The molecule has 1 aliphatic carbocycles. The Bertz CT molecular complexity index is 2300. The van der Waals surface area contributed by atoms with Crippen molar-refractivity contribution < 1.29 is 28.9 Å². The van der Waals surface area contributed by atoms with Crippen LogP contribution in [0.4, 0.5) is 11.4 Å². The molecule has 6 aliphatic heterocycles. The van der Waals surface area contributed by atoms with Crippen molar-refractivity contribution in [2.75, 3.05) is 69.4 Å². The fourth-order valence-corrected chi connectivity index (χ4v) is 11.4. The highest BCUT2D eigenvalue weighted by Gasteiger charge is 2.45. The van der Waals surface area contributed by atoms with Gasteiger partial charge in [-0.15, -0.1) is 0 Å². The molecule has 1 spiro atoms. The number of carbonyl (C=O) groups is 2. The molecule has 4 fully saturated rings. The van der Waals surface area contributed by atoms with E-state index in [9.17, 15) is 14.7 Å². The Morgan fingerprint density at radius 2 is 1.66 bits per heavy atom. The first kappa shape index (κ1) is 40.5. The Morgan fingerprint density at radius 3 is 2.44 bits per heavy atom. The third kappa shape index (κ3) is 7.90. The summed E-state index contributed by atoms with van der Waals surface area (Å²) in [6, 6.07) is 28.4. The SMILES string of the molecule is C=C1CC[C@H](N2Cc3cc4c(cc3C2=O)OCC2CN(CC3COC5(CCN(c6ccc([C@@H]7CCCc8cc(O)ccc87)c(OC)c6)CC5)C3)CCN42)C(=O)N1.c1ccccc1. The Hall–Kier alpha value is -5.52. The molecule has 4 aromatic carbocycles. The number of nitrogens with zero attached hydrogens (tertiary/aromatic N) is 4.